The molecule has 4 nitrogen and oxygen atoms in total. The van der Waals surface area contributed by atoms with Crippen LogP contribution in [0.25, 0.3) is 11.6 Å². The molecule has 2 aromatic rings. The van der Waals surface area contributed by atoms with Crippen LogP contribution >= 0.6 is 47.8 Å². The predicted molar refractivity (Wildman–Crippen MR) is 86.4 cm³/mol. The molecule has 0 aliphatic heterocycles. The lowest BCUT2D eigenvalue weighted by atomic mass is 10.3. The lowest BCUT2D eigenvalue weighted by molar-refractivity contribution is 0.549. The molecule has 102 valence electrons. The second kappa shape index (κ2) is 6.37. The average molecular weight is 454 g/mol. The van der Waals surface area contributed by atoms with Gasteiger partial charge < -0.3 is 9.73 Å². The molecule has 0 fully saturated rings. The van der Waals surface area contributed by atoms with Crippen LogP contribution in [0.15, 0.2) is 24.1 Å². The van der Waals surface area contributed by atoms with Gasteiger partial charge in [0.2, 0.25) is 0 Å². The molecule has 7 heteroatoms. The van der Waals surface area contributed by atoms with Crippen molar-refractivity contribution >= 4 is 53.6 Å². The number of furan rings is 1. The number of nitrogens with zero attached hydrogens (tertiary/aromatic N) is 2. The largest absolute Gasteiger partial charge is 0.445 e. The Balaban J connectivity index is 2.43. The van der Waals surface area contributed by atoms with Crippen molar-refractivity contribution in [3.63, 3.8) is 0 Å². The van der Waals surface area contributed by atoms with Gasteiger partial charge in [0.05, 0.1) is 14.6 Å². The first-order chi connectivity index (χ1) is 9.02. The minimum absolute atomic E-state index is 0.561. The second-order valence-electron chi connectivity index (χ2n) is 3.95. The maximum absolute atomic E-state index is 5.56. The Morgan fingerprint density at radius 1 is 1.26 bits per heavy atom. The fourth-order valence-corrected chi connectivity index (χ4v) is 2.38. The first kappa shape index (κ1) is 15.0. The third-order valence-electron chi connectivity index (χ3n) is 2.42. The van der Waals surface area contributed by atoms with Crippen LogP contribution in [0.5, 0.6) is 0 Å². The van der Waals surface area contributed by atoms with Gasteiger partial charge in [-0.3, -0.25) is 0 Å². The number of nitrogens with one attached hydrogen (secondary N) is 1. The van der Waals surface area contributed by atoms with Crippen LogP contribution in [0.1, 0.15) is 19.0 Å². The van der Waals surface area contributed by atoms with Gasteiger partial charge in [-0.25, -0.2) is 9.97 Å². The lowest BCUT2D eigenvalue weighted by Gasteiger charge is -2.09. The van der Waals surface area contributed by atoms with Gasteiger partial charge in [0.1, 0.15) is 5.82 Å². The number of aryl methyl sites for hydroxylation is 1. The molecule has 0 amide bonds. The van der Waals surface area contributed by atoms with Gasteiger partial charge in [0.25, 0.3) is 0 Å². The quantitative estimate of drug-likeness (QED) is 0.695. The van der Waals surface area contributed by atoms with Crippen molar-refractivity contribution in [3.05, 3.63) is 25.4 Å². The fourth-order valence-electron chi connectivity index (χ4n) is 1.49. The van der Waals surface area contributed by atoms with Crippen LogP contribution < -0.4 is 5.32 Å². The molecule has 2 heterocycles. The molecule has 0 atom stereocenters. The fraction of sp³-hybridized carbons (Fsp3) is 0.333. The SMILES string of the molecule is CCCNc1nc(-c2cc(Br)c(Br)o2)nc(C)c1Br. The van der Waals surface area contributed by atoms with E-state index in [-0.39, 0.29) is 0 Å². The zero-order chi connectivity index (χ0) is 14.0. The standard InChI is InChI=1S/C12H12Br3N3O/c1-3-4-16-12-9(14)6(2)17-11(18-12)8-5-7(13)10(15)19-8/h5H,3-4H2,1-2H3,(H,16,17,18). The van der Waals surface area contributed by atoms with Crippen LogP contribution in [-0.2, 0) is 0 Å². The lowest BCUT2D eigenvalue weighted by Crippen LogP contribution is -2.05. The molecule has 2 aromatic heterocycles. The summed E-state index contributed by atoms with van der Waals surface area (Å²) in [6.07, 6.45) is 1.03. The molecule has 2 rings (SSSR count). The number of anilines is 1. The predicted octanol–water partition coefficient (Wildman–Crippen LogP) is 5.15. The number of hydrogen-bond acceptors (Lipinski definition) is 4. The van der Waals surface area contributed by atoms with E-state index in [1.54, 1.807) is 0 Å². The van der Waals surface area contributed by atoms with Gasteiger partial charge in [0.15, 0.2) is 16.3 Å². The van der Waals surface area contributed by atoms with Gasteiger partial charge in [0, 0.05) is 12.6 Å². The molecule has 0 spiro atoms. The van der Waals surface area contributed by atoms with E-state index in [0.29, 0.717) is 16.3 Å². The molecule has 0 radical (unpaired) electrons. The first-order valence-electron chi connectivity index (χ1n) is 5.76. The van der Waals surface area contributed by atoms with E-state index in [1.807, 2.05) is 13.0 Å². The van der Waals surface area contributed by atoms with Crippen molar-refractivity contribution in [2.75, 3.05) is 11.9 Å². The molecule has 19 heavy (non-hydrogen) atoms. The molecule has 0 bridgehead atoms. The van der Waals surface area contributed by atoms with E-state index in [0.717, 1.165) is 33.4 Å². The Morgan fingerprint density at radius 2 is 2.00 bits per heavy atom. The highest BCUT2D eigenvalue weighted by atomic mass is 79.9. The Hall–Kier alpha value is -0.400. The maximum atomic E-state index is 5.56. The smallest absolute Gasteiger partial charge is 0.198 e. The van der Waals surface area contributed by atoms with Gasteiger partial charge >= 0.3 is 0 Å². The molecule has 0 aliphatic rings. The Morgan fingerprint density at radius 3 is 2.58 bits per heavy atom. The number of hydrogen-bond donors (Lipinski definition) is 1. The molecule has 0 saturated heterocycles. The minimum atomic E-state index is 0.561. The first-order valence-corrected chi connectivity index (χ1v) is 8.14. The summed E-state index contributed by atoms with van der Waals surface area (Å²) in [5.74, 6) is 1.97. The molecular weight excluding hydrogens is 442 g/mol. The van der Waals surface area contributed by atoms with Gasteiger partial charge in [-0.1, -0.05) is 6.92 Å². The number of halogens is 3. The maximum Gasteiger partial charge on any atom is 0.198 e. The summed E-state index contributed by atoms with van der Waals surface area (Å²) in [7, 11) is 0. The molecule has 0 unspecified atom stereocenters. The summed E-state index contributed by atoms with van der Waals surface area (Å²) in [5.41, 5.74) is 0.868. The summed E-state index contributed by atoms with van der Waals surface area (Å²) in [4.78, 5) is 8.92. The zero-order valence-corrected chi connectivity index (χ0v) is 15.2. The van der Waals surface area contributed by atoms with Crippen LogP contribution in [-0.4, -0.2) is 16.5 Å². The monoisotopic (exact) mass is 451 g/mol. The van der Waals surface area contributed by atoms with Crippen molar-refractivity contribution in [1.82, 2.24) is 9.97 Å². The van der Waals surface area contributed by atoms with E-state index >= 15 is 0 Å². The Kier molecular flexibility index (Phi) is 5.03. The van der Waals surface area contributed by atoms with E-state index in [2.05, 4.69) is 70.0 Å². The van der Waals surface area contributed by atoms with Gasteiger partial charge in [-0.2, -0.15) is 0 Å². The zero-order valence-electron chi connectivity index (χ0n) is 10.4. The third-order valence-corrected chi connectivity index (χ3v) is 5.08. The van der Waals surface area contributed by atoms with Gasteiger partial charge in [-0.15, -0.1) is 0 Å². The Bertz CT molecular complexity index is 579. The number of rotatable bonds is 4. The van der Waals surface area contributed by atoms with Gasteiger partial charge in [-0.05, 0) is 61.1 Å². The molecule has 0 aliphatic carbocycles. The van der Waals surface area contributed by atoms with Crippen molar-refractivity contribution in [2.45, 2.75) is 20.3 Å². The van der Waals surface area contributed by atoms with Crippen molar-refractivity contribution in [2.24, 2.45) is 0 Å². The highest BCUT2D eigenvalue weighted by Gasteiger charge is 2.15. The third kappa shape index (κ3) is 3.38. The summed E-state index contributed by atoms with van der Waals surface area (Å²) in [6, 6.07) is 1.84. The number of aromatic nitrogens is 2. The summed E-state index contributed by atoms with van der Waals surface area (Å²) < 4.78 is 7.92. The van der Waals surface area contributed by atoms with Crippen LogP contribution in [0, 0.1) is 6.92 Å². The Labute approximate surface area is 136 Å². The molecule has 0 saturated carbocycles. The van der Waals surface area contributed by atoms with Crippen molar-refractivity contribution < 1.29 is 4.42 Å². The van der Waals surface area contributed by atoms with E-state index in [4.69, 9.17) is 4.42 Å². The van der Waals surface area contributed by atoms with E-state index in [1.165, 1.54) is 0 Å². The second-order valence-corrected chi connectivity index (χ2v) is 6.32. The van der Waals surface area contributed by atoms with Crippen LogP contribution in [0.3, 0.4) is 0 Å². The highest BCUT2D eigenvalue weighted by Crippen LogP contribution is 2.33. The normalized spacial score (nSPS) is 10.8. The highest BCUT2D eigenvalue weighted by molar-refractivity contribution is 9.13. The topological polar surface area (TPSA) is 51.0 Å². The molecule has 0 aromatic carbocycles. The molecule has 1 N–H and O–H groups in total. The molecular formula is C12H12Br3N3O. The summed E-state index contributed by atoms with van der Waals surface area (Å²) in [5, 5.41) is 3.27. The average Bonchev–Trinajstić information content (AvgIpc) is 2.71. The summed E-state index contributed by atoms with van der Waals surface area (Å²) in [6.45, 7) is 4.90. The van der Waals surface area contributed by atoms with Crippen LogP contribution in [0.2, 0.25) is 0 Å². The van der Waals surface area contributed by atoms with Crippen molar-refractivity contribution in [3.8, 4) is 11.6 Å². The van der Waals surface area contributed by atoms with E-state index < -0.39 is 0 Å². The van der Waals surface area contributed by atoms with E-state index in [9.17, 15) is 0 Å². The van der Waals surface area contributed by atoms with Crippen LogP contribution in [0.4, 0.5) is 5.82 Å². The minimum Gasteiger partial charge on any atom is -0.445 e. The van der Waals surface area contributed by atoms with Crippen molar-refractivity contribution in [1.29, 1.82) is 0 Å². The summed E-state index contributed by atoms with van der Waals surface area (Å²) >= 11 is 10.2.